The van der Waals surface area contributed by atoms with Crippen LogP contribution < -0.4 is 14.8 Å². The fourth-order valence-electron chi connectivity index (χ4n) is 2.76. The summed E-state index contributed by atoms with van der Waals surface area (Å²) in [5, 5.41) is 2.66. The molecule has 0 unspecified atom stereocenters. The van der Waals surface area contributed by atoms with Crippen LogP contribution in [0.3, 0.4) is 0 Å². The number of nitrogens with one attached hydrogen (secondary N) is 2. The summed E-state index contributed by atoms with van der Waals surface area (Å²) >= 11 is 3.37. The lowest BCUT2D eigenvalue weighted by Gasteiger charge is -2.13. The van der Waals surface area contributed by atoms with Gasteiger partial charge in [0.1, 0.15) is 11.5 Å². The van der Waals surface area contributed by atoms with Crippen LogP contribution in [0.4, 0.5) is 11.4 Å². The number of hydrogen-bond acceptors (Lipinski definition) is 5. The molecule has 0 aliphatic rings. The van der Waals surface area contributed by atoms with Crippen molar-refractivity contribution in [3.8, 4) is 5.75 Å². The molecular formula is C21H21BrN2O5S. The van der Waals surface area contributed by atoms with Gasteiger partial charge in [0.05, 0.1) is 21.7 Å². The molecule has 1 aromatic heterocycles. The number of anilines is 2. The van der Waals surface area contributed by atoms with E-state index in [1.165, 1.54) is 6.07 Å². The quantitative estimate of drug-likeness (QED) is 0.477. The maximum Gasteiger partial charge on any atom is 0.291 e. The number of benzene rings is 2. The van der Waals surface area contributed by atoms with Gasteiger partial charge in [-0.25, -0.2) is 8.42 Å². The number of carbonyl (C=O) groups excluding carboxylic acids is 1. The Labute approximate surface area is 183 Å². The van der Waals surface area contributed by atoms with Crippen molar-refractivity contribution in [1.82, 2.24) is 0 Å². The van der Waals surface area contributed by atoms with E-state index in [0.29, 0.717) is 39.5 Å². The van der Waals surface area contributed by atoms with Crippen molar-refractivity contribution in [1.29, 1.82) is 0 Å². The van der Waals surface area contributed by atoms with Crippen LogP contribution in [0.15, 0.2) is 62.3 Å². The second-order valence-corrected chi connectivity index (χ2v) is 9.03. The summed E-state index contributed by atoms with van der Waals surface area (Å²) in [6.45, 7) is 5.78. The van der Waals surface area contributed by atoms with Gasteiger partial charge in [0.15, 0.2) is 5.76 Å². The third kappa shape index (κ3) is 5.03. The molecule has 0 radical (unpaired) electrons. The maximum absolute atomic E-state index is 13.0. The number of sulfonamides is 1. The smallest absolute Gasteiger partial charge is 0.291 e. The molecule has 0 spiro atoms. The third-order valence-corrected chi connectivity index (χ3v) is 6.33. The van der Waals surface area contributed by atoms with E-state index in [1.807, 2.05) is 6.92 Å². The molecular weight excluding hydrogens is 472 g/mol. The zero-order valence-corrected chi connectivity index (χ0v) is 19.1. The minimum absolute atomic E-state index is 0.0564. The van der Waals surface area contributed by atoms with E-state index in [4.69, 9.17) is 9.15 Å². The summed E-state index contributed by atoms with van der Waals surface area (Å²) in [6, 6.07) is 12.8. The predicted octanol–water partition coefficient (Wildman–Crippen LogP) is 5.11. The van der Waals surface area contributed by atoms with Crippen LogP contribution in [0, 0.1) is 13.8 Å². The fraction of sp³-hybridized carbons (Fsp3) is 0.190. The average molecular weight is 493 g/mol. The molecule has 30 heavy (non-hydrogen) atoms. The lowest BCUT2D eigenvalue weighted by Crippen LogP contribution is -2.16. The van der Waals surface area contributed by atoms with E-state index in [-0.39, 0.29) is 10.7 Å². The van der Waals surface area contributed by atoms with Crippen molar-refractivity contribution in [3.05, 3.63) is 70.1 Å². The molecule has 7 nitrogen and oxygen atoms in total. The summed E-state index contributed by atoms with van der Waals surface area (Å²) in [6.07, 6.45) is 0. The molecule has 158 valence electrons. The Bertz CT molecular complexity index is 1190. The number of carbonyl (C=O) groups is 1. The SMILES string of the molecule is CCOc1ccc(NS(=O)(=O)c2cc(NC(=O)c3ccc(C)o3)ccc2C)cc1Br. The van der Waals surface area contributed by atoms with E-state index in [9.17, 15) is 13.2 Å². The number of furan rings is 1. The first kappa shape index (κ1) is 21.9. The molecule has 0 bridgehead atoms. The lowest BCUT2D eigenvalue weighted by molar-refractivity contribution is 0.0995. The van der Waals surface area contributed by atoms with E-state index >= 15 is 0 Å². The van der Waals surface area contributed by atoms with E-state index in [0.717, 1.165) is 0 Å². The van der Waals surface area contributed by atoms with Gasteiger partial charge in [0.2, 0.25) is 0 Å². The lowest BCUT2D eigenvalue weighted by atomic mass is 10.2. The largest absolute Gasteiger partial charge is 0.493 e. The molecule has 0 fully saturated rings. The van der Waals surface area contributed by atoms with Crippen LogP contribution in [0.5, 0.6) is 5.75 Å². The number of ether oxygens (including phenoxy) is 1. The summed E-state index contributed by atoms with van der Waals surface area (Å²) < 4.78 is 39.9. The monoisotopic (exact) mass is 492 g/mol. The van der Waals surface area contributed by atoms with Crippen molar-refractivity contribution in [2.45, 2.75) is 25.7 Å². The van der Waals surface area contributed by atoms with Gasteiger partial charge in [0.25, 0.3) is 15.9 Å². The molecule has 0 saturated carbocycles. The summed E-state index contributed by atoms with van der Waals surface area (Å²) in [4.78, 5) is 12.4. The number of halogens is 1. The molecule has 0 saturated heterocycles. The molecule has 0 atom stereocenters. The highest BCUT2D eigenvalue weighted by Gasteiger charge is 2.19. The van der Waals surface area contributed by atoms with Crippen LogP contribution in [-0.2, 0) is 10.0 Å². The predicted molar refractivity (Wildman–Crippen MR) is 119 cm³/mol. The van der Waals surface area contributed by atoms with Crippen LogP contribution >= 0.6 is 15.9 Å². The van der Waals surface area contributed by atoms with Crippen LogP contribution in [-0.4, -0.2) is 20.9 Å². The van der Waals surface area contributed by atoms with Crippen LogP contribution in [0.25, 0.3) is 0 Å². The highest BCUT2D eigenvalue weighted by Crippen LogP contribution is 2.30. The first-order valence-electron chi connectivity index (χ1n) is 9.13. The van der Waals surface area contributed by atoms with Crippen molar-refractivity contribution in [2.24, 2.45) is 0 Å². The second kappa shape index (κ2) is 8.93. The molecule has 3 aromatic rings. The third-order valence-electron chi connectivity index (χ3n) is 4.18. The van der Waals surface area contributed by atoms with Gasteiger partial charge < -0.3 is 14.5 Å². The molecule has 2 N–H and O–H groups in total. The molecule has 0 aliphatic carbocycles. The fourth-order valence-corrected chi connectivity index (χ4v) is 4.58. The topological polar surface area (TPSA) is 97.6 Å². The Morgan fingerprint density at radius 2 is 1.80 bits per heavy atom. The Hall–Kier alpha value is -2.78. The number of aryl methyl sites for hydroxylation is 2. The Balaban J connectivity index is 1.84. The number of hydrogen-bond donors (Lipinski definition) is 2. The van der Waals surface area contributed by atoms with Gasteiger partial charge in [-0.1, -0.05) is 6.07 Å². The molecule has 1 heterocycles. The van der Waals surface area contributed by atoms with Gasteiger partial charge >= 0.3 is 0 Å². The summed E-state index contributed by atoms with van der Waals surface area (Å²) in [5.41, 5.74) is 1.26. The van der Waals surface area contributed by atoms with Gasteiger partial charge in [-0.3, -0.25) is 9.52 Å². The first-order chi connectivity index (χ1) is 14.2. The van der Waals surface area contributed by atoms with Crippen molar-refractivity contribution >= 4 is 43.2 Å². The molecule has 2 aromatic carbocycles. The number of rotatable bonds is 7. The summed E-state index contributed by atoms with van der Waals surface area (Å²) in [5.74, 6) is 0.918. The van der Waals surface area contributed by atoms with Gasteiger partial charge in [-0.2, -0.15) is 0 Å². The molecule has 1 amide bonds. The average Bonchev–Trinajstić information content (AvgIpc) is 3.12. The zero-order valence-electron chi connectivity index (χ0n) is 16.7. The van der Waals surface area contributed by atoms with Gasteiger partial charge in [0, 0.05) is 5.69 Å². The zero-order chi connectivity index (χ0) is 21.9. The van der Waals surface area contributed by atoms with Crippen LogP contribution in [0.1, 0.15) is 28.8 Å². The van der Waals surface area contributed by atoms with Crippen molar-refractivity contribution in [2.75, 3.05) is 16.6 Å². The normalized spacial score (nSPS) is 11.2. The standard InChI is InChI=1S/C21H21BrN2O5S/c1-4-28-18-10-8-16(11-17(18)22)24-30(26,27)20-12-15(7-5-13(20)2)23-21(25)19-9-6-14(3)29-19/h5-12,24H,4H2,1-3H3,(H,23,25). The Morgan fingerprint density at radius 1 is 1.07 bits per heavy atom. The number of amides is 1. The summed E-state index contributed by atoms with van der Waals surface area (Å²) in [7, 11) is -3.89. The van der Waals surface area contributed by atoms with Gasteiger partial charge in [-0.15, -0.1) is 0 Å². The minimum atomic E-state index is -3.89. The second-order valence-electron chi connectivity index (χ2n) is 6.53. The van der Waals surface area contributed by atoms with E-state index in [2.05, 4.69) is 26.0 Å². The Morgan fingerprint density at radius 3 is 2.43 bits per heavy atom. The van der Waals surface area contributed by atoms with E-state index in [1.54, 1.807) is 56.3 Å². The minimum Gasteiger partial charge on any atom is -0.493 e. The highest BCUT2D eigenvalue weighted by atomic mass is 79.9. The highest BCUT2D eigenvalue weighted by molar-refractivity contribution is 9.10. The van der Waals surface area contributed by atoms with E-state index < -0.39 is 15.9 Å². The van der Waals surface area contributed by atoms with Crippen molar-refractivity contribution in [3.63, 3.8) is 0 Å². The van der Waals surface area contributed by atoms with Gasteiger partial charge in [-0.05, 0) is 84.7 Å². The molecule has 9 heteroatoms. The molecule has 0 aliphatic heterocycles. The first-order valence-corrected chi connectivity index (χ1v) is 11.4. The van der Waals surface area contributed by atoms with Crippen molar-refractivity contribution < 1.29 is 22.4 Å². The Kier molecular flexibility index (Phi) is 6.52. The maximum atomic E-state index is 13.0. The molecule has 3 rings (SSSR count). The van der Waals surface area contributed by atoms with Crippen LogP contribution in [0.2, 0.25) is 0 Å².